The largest absolute Gasteiger partial charge is 0.497 e. The molecule has 0 atom stereocenters. The number of benzene rings is 1. The maximum absolute atomic E-state index is 11.5. The molecule has 6 nitrogen and oxygen atoms in total. The van der Waals surface area contributed by atoms with Crippen LogP contribution in [0.2, 0.25) is 0 Å². The summed E-state index contributed by atoms with van der Waals surface area (Å²) >= 11 is 0. The molecule has 0 unspecified atom stereocenters. The SMILES string of the molecule is COc1cccc(/C(C)=N\NC(=O)C(=O)NC(C)C)c1. The topological polar surface area (TPSA) is 79.8 Å². The number of ether oxygens (including phenoxy) is 1. The van der Waals surface area contributed by atoms with Crippen molar-refractivity contribution < 1.29 is 14.3 Å². The molecule has 0 spiro atoms. The third-order valence-corrected chi connectivity index (χ3v) is 2.44. The first kappa shape index (κ1) is 15.7. The second-order valence-corrected chi connectivity index (χ2v) is 4.50. The van der Waals surface area contributed by atoms with Gasteiger partial charge in [0.2, 0.25) is 0 Å². The van der Waals surface area contributed by atoms with Crippen LogP contribution in [0, 0.1) is 0 Å². The first-order valence-electron chi connectivity index (χ1n) is 6.23. The van der Waals surface area contributed by atoms with Crippen LogP contribution < -0.4 is 15.5 Å². The van der Waals surface area contributed by atoms with Gasteiger partial charge in [-0.1, -0.05) is 12.1 Å². The zero-order valence-electron chi connectivity index (χ0n) is 12.1. The molecular weight excluding hydrogens is 258 g/mol. The van der Waals surface area contributed by atoms with E-state index in [0.29, 0.717) is 11.5 Å². The van der Waals surface area contributed by atoms with Crippen LogP contribution in [-0.2, 0) is 9.59 Å². The van der Waals surface area contributed by atoms with Gasteiger partial charge in [0.1, 0.15) is 5.75 Å². The molecule has 2 N–H and O–H groups in total. The summed E-state index contributed by atoms with van der Waals surface area (Å²) in [5, 5.41) is 6.38. The maximum atomic E-state index is 11.5. The van der Waals surface area contributed by atoms with Gasteiger partial charge in [-0.15, -0.1) is 0 Å². The van der Waals surface area contributed by atoms with E-state index in [1.54, 1.807) is 33.9 Å². The molecule has 0 heterocycles. The molecule has 0 aliphatic rings. The minimum absolute atomic E-state index is 0.100. The van der Waals surface area contributed by atoms with Gasteiger partial charge in [0.25, 0.3) is 0 Å². The lowest BCUT2D eigenvalue weighted by molar-refractivity contribution is -0.139. The first-order valence-corrected chi connectivity index (χ1v) is 6.23. The lowest BCUT2D eigenvalue weighted by atomic mass is 10.1. The molecule has 6 heteroatoms. The third kappa shape index (κ3) is 4.72. The molecule has 0 saturated heterocycles. The first-order chi connectivity index (χ1) is 9.43. The lowest BCUT2D eigenvalue weighted by Gasteiger charge is -2.07. The summed E-state index contributed by atoms with van der Waals surface area (Å²) in [7, 11) is 1.57. The minimum Gasteiger partial charge on any atom is -0.497 e. The van der Waals surface area contributed by atoms with Crippen molar-refractivity contribution in [1.82, 2.24) is 10.7 Å². The van der Waals surface area contributed by atoms with Gasteiger partial charge in [-0.25, -0.2) is 5.43 Å². The van der Waals surface area contributed by atoms with E-state index in [1.165, 1.54) is 0 Å². The summed E-state index contributed by atoms with van der Waals surface area (Å²) in [5.41, 5.74) is 3.60. The van der Waals surface area contributed by atoms with Crippen LogP contribution in [0.3, 0.4) is 0 Å². The van der Waals surface area contributed by atoms with Gasteiger partial charge in [-0.2, -0.15) is 5.10 Å². The maximum Gasteiger partial charge on any atom is 0.329 e. The van der Waals surface area contributed by atoms with Crippen molar-refractivity contribution in [2.75, 3.05) is 7.11 Å². The van der Waals surface area contributed by atoms with Crippen LogP contribution in [-0.4, -0.2) is 30.7 Å². The van der Waals surface area contributed by atoms with Gasteiger partial charge < -0.3 is 10.1 Å². The fraction of sp³-hybridized carbons (Fsp3) is 0.357. The van der Waals surface area contributed by atoms with Crippen LogP contribution in [0.1, 0.15) is 26.3 Å². The van der Waals surface area contributed by atoms with E-state index in [-0.39, 0.29) is 6.04 Å². The van der Waals surface area contributed by atoms with E-state index >= 15 is 0 Å². The number of carbonyl (C=O) groups excluding carboxylic acids is 2. The Hall–Kier alpha value is -2.37. The zero-order valence-corrected chi connectivity index (χ0v) is 12.1. The molecule has 0 bridgehead atoms. The Bertz CT molecular complexity index is 524. The standard InChI is InChI=1S/C14H19N3O3/c1-9(2)15-13(18)14(19)17-16-10(3)11-6-5-7-12(8-11)20-4/h5-9H,1-4H3,(H,15,18)(H,17,19)/b16-10-. The number of carbonyl (C=O) groups is 2. The number of rotatable bonds is 4. The predicted molar refractivity (Wildman–Crippen MR) is 76.6 cm³/mol. The van der Waals surface area contributed by atoms with Gasteiger partial charge in [0.05, 0.1) is 12.8 Å². The monoisotopic (exact) mass is 277 g/mol. The van der Waals surface area contributed by atoms with Crippen molar-refractivity contribution in [1.29, 1.82) is 0 Å². The summed E-state index contributed by atoms with van der Waals surface area (Å²) in [5.74, 6) is -0.802. The van der Waals surface area contributed by atoms with Crippen LogP contribution in [0.5, 0.6) is 5.75 Å². The summed E-state index contributed by atoms with van der Waals surface area (Å²) in [6, 6.07) is 7.16. The van der Waals surface area contributed by atoms with E-state index in [0.717, 1.165) is 5.56 Å². The molecular formula is C14H19N3O3. The number of amides is 2. The molecule has 108 valence electrons. The van der Waals surface area contributed by atoms with Crippen molar-refractivity contribution in [3.05, 3.63) is 29.8 Å². The predicted octanol–water partition coefficient (Wildman–Crippen LogP) is 1.06. The van der Waals surface area contributed by atoms with Crippen molar-refractivity contribution in [3.63, 3.8) is 0 Å². The fourth-order valence-electron chi connectivity index (χ4n) is 1.43. The van der Waals surface area contributed by atoms with Crippen molar-refractivity contribution >= 4 is 17.5 Å². The highest BCUT2D eigenvalue weighted by Crippen LogP contribution is 2.12. The molecule has 1 rings (SSSR count). The number of nitrogens with zero attached hydrogens (tertiary/aromatic N) is 1. The number of nitrogens with one attached hydrogen (secondary N) is 2. The van der Waals surface area contributed by atoms with E-state index in [9.17, 15) is 9.59 Å². The molecule has 0 saturated carbocycles. The molecule has 0 aromatic heterocycles. The van der Waals surface area contributed by atoms with Gasteiger partial charge in [-0.3, -0.25) is 9.59 Å². The summed E-state index contributed by atoms with van der Waals surface area (Å²) in [6.45, 7) is 5.28. The number of hydrogen-bond acceptors (Lipinski definition) is 4. The van der Waals surface area contributed by atoms with Crippen LogP contribution in [0.15, 0.2) is 29.4 Å². The summed E-state index contributed by atoms with van der Waals surface area (Å²) in [6.07, 6.45) is 0. The van der Waals surface area contributed by atoms with Gasteiger partial charge in [-0.05, 0) is 32.9 Å². The van der Waals surface area contributed by atoms with Gasteiger partial charge >= 0.3 is 11.8 Å². The molecule has 0 fully saturated rings. The van der Waals surface area contributed by atoms with Gasteiger partial charge in [0, 0.05) is 11.6 Å². The van der Waals surface area contributed by atoms with Crippen molar-refractivity contribution in [2.24, 2.45) is 5.10 Å². The molecule has 1 aromatic rings. The smallest absolute Gasteiger partial charge is 0.329 e. The molecule has 2 amide bonds. The highest BCUT2D eigenvalue weighted by Gasteiger charge is 2.13. The number of methoxy groups -OCH3 is 1. The highest BCUT2D eigenvalue weighted by atomic mass is 16.5. The Morgan fingerprint density at radius 1 is 1.25 bits per heavy atom. The molecule has 0 radical (unpaired) electrons. The van der Waals surface area contributed by atoms with Crippen molar-refractivity contribution in [3.8, 4) is 5.75 Å². The van der Waals surface area contributed by atoms with Gasteiger partial charge in [0.15, 0.2) is 0 Å². The van der Waals surface area contributed by atoms with Crippen LogP contribution in [0.4, 0.5) is 0 Å². The van der Waals surface area contributed by atoms with E-state index in [1.807, 2.05) is 18.2 Å². The molecule has 1 aromatic carbocycles. The summed E-state index contributed by atoms with van der Waals surface area (Å²) in [4.78, 5) is 22.9. The normalized spacial score (nSPS) is 11.2. The fourth-order valence-corrected chi connectivity index (χ4v) is 1.43. The zero-order chi connectivity index (χ0) is 15.1. The Balaban J connectivity index is 2.69. The molecule has 20 heavy (non-hydrogen) atoms. The Morgan fingerprint density at radius 3 is 2.55 bits per heavy atom. The van der Waals surface area contributed by atoms with Crippen LogP contribution >= 0.6 is 0 Å². The van der Waals surface area contributed by atoms with Crippen LogP contribution in [0.25, 0.3) is 0 Å². The molecule has 0 aliphatic carbocycles. The minimum atomic E-state index is -0.791. The Labute approximate surface area is 118 Å². The Morgan fingerprint density at radius 2 is 1.95 bits per heavy atom. The number of hydrazone groups is 1. The highest BCUT2D eigenvalue weighted by molar-refractivity contribution is 6.35. The van der Waals surface area contributed by atoms with E-state index in [4.69, 9.17) is 4.74 Å². The van der Waals surface area contributed by atoms with E-state index < -0.39 is 11.8 Å². The van der Waals surface area contributed by atoms with E-state index in [2.05, 4.69) is 15.8 Å². The Kier molecular flexibility index (Phi) is 5.71. The lowest BCUT2D eigenvalue weighted by Crippen LogP contribution is -2.41. The average molecular weight is 277 g/mol. The van der Waals surface area contributed by atoms with Crippen molar-refractivity contribution in [2.45, 2.75) is 26.8 Å². The summed E-state index contributed by atoms with van der Waals surface area (Å²) < 4.78 is 5.11. The second kappa shape index (κ2) is 7.28. The quantitative estimate of drug-likeness (QED) is 0.490. The second-order valence-electron chi connectivity index (χ2n) is 4.50. The average Bonchev–Trinajstić information content (AvgIpc) is 2.43. The third-order valence-electron chi connectivity index (χ3n) is 2.44. The molecule has 0 aliphatic heterocycles. The number of hydrogen-bond donors (Lipinski definition) is 2.